The molecule has 2 aromatic carbocycles. The molecule has 2 aromatic rings. The molecule has 1 N–H and O–H groups in total. The molecule has 0 amide bonds. The van der Waals surface area contributed by atoms with Crippen molar-refractivity contribution in [3.05, 3.63) is 59.7 Å². The van der Waals surface area contributed by atoms with Crippen LogP contribution in [0.5, 0.6) is 0 Å². The zero-order valence-electron chi connectivity index (χ0n) is 14.3. The van der Waals surface area contributed by atoms with Gasteiger partial charge in [0.05, 0.1) is 5.92 Å². The SMILES string of the molecule is CN(C)CCCN1c2ccccc2CC(C(=O)O)c2ccccc21. The fourth-order valence-electron chi connectivity index (χ4n) is 3.44. The van der Waals surface area contributed by atoms with Crippen molar-refractivity contribution in [2.75, 3.05) is 32.1 Å². The molecular weight excluding hydrogens is 300 g/mol. The summed E-state index contributed by atoms with van der Waals surface area (Å²) >= 11 is 0. The van der Waals surface area contributed by atoms with Gasteiger partial charge in [0, 0.05) is 17.9 Å². The summed E-state index contributed by atoms with van der Waals surface area (Å²) in [4.78, 5) is 16.3. The monoisotopic (exact) mass is 324 g/mol. The molecule has 4 nitrogen and oxygen atoms in total. The number of para-hydroxylation sites is 2. The van der Waals surface area contributed by atoms with Crippen LogP contribution in [0.2, 0.25) is 0 Å². The number of aliphatic carboxylic acids is 1. The fraction of sp³-hybridized carbons (Fsp3) is 0.350. The summed E-state index contributed by atoms with van der Waals surface area (Å²) < 4.78 is 0. The second-order valence-electron chi connectivity index (χ2n) is 6.59. The van der Waals surface area contributed by atoms with E-state index < -0.39 is 11.9 Å². The predicted octanol–water partition coefficient (Wildman–Crippen LogP) is 3.50. The largest absolute Gasteiger partial charge is 0.481 e. The molecule has 1 atom stereocenters. The van der Waals surface area contributed by atoms with Crippen molar-refractivity contribution in [2.24, 2.45) is 0 Å². The van der Waals surface area contributed by atoms with Crippen LogP contribution in [-0.2, 0) is 11.2 Å². The van der Waals surface area contributed by atoms with Crippen LogP contribution in [0.25, 0.3) is 0 Å². The molecule has 0 saturated carbocycles. The average molecular weight is 324 g/mol. The Bertz CT molecular complexity index is 727. The molecule has 0 fully saturated rings. The van der Waals surface area contributed by atoms with Crippen molar-refractivity contribution < 1.29 is 9.90 Å². The zero-order chi connectivity index (χ0) is 17.1. The maximum atomic E-state index is 11.9. The van der Waals surface area contributed by atoms with E-state index in [-0.39, 0.29) is 0 Å². The molecule has 1 aliphatic rings. The number of carboxylic acid groups (broad SMARTS) is 1. The molecule has 0 radical (unpaired) electrons. The summed E-state index contributed by atoms with van der Waals surface area (Å²) in [6, 6.07) is 16.1. The third kappa shape index (κ3) is 3.29. The highest BCUT2D eigenvalue weighted by atomic mass is 16.4. The minimum Gasteiger partial charge on any atom is -0.481 e. The Hall–Kier alpha value is -2.33. The van der Waals surface area contributed by atoms with Gasteiger partial charge in [0.25, 0.3) is 0 Å². The number of rotatable bonds is 5. The highest BCUT2D eigenvalue weighted by Crippen LogP contribution is 2.41. The molecule has 4 heteroatoms. The van der Waals surface area contributed by atoms with E-state index >= 15 is 0 Å². The van der Waals surface area contributed by atoms with Crippen LogP contribution < -0.4 is 4.90 Å². The van der Waals surface area contributed by atoms with E-state index in [1.807, 2.05) is 36.4 Å². The lowest BCUT2D eigenvalue weighted by molar-refractivity contribution is -0.138. The van der Waals surface area contributed by atoms with Crippen LogP contribution in [0.1, 0.15) is 23.5 Å². The average Bonchev–Trinajstić information content (AvgIpc) is 2.70. The van der Waals surface area contributed by atoms with Crippen molar-refractivity contribution in [2.45, 2.75) is 18.8 Å². The van der Waals surface area contributed by atoms with Gasteiger partial charge in [-0.3, -0.25) is 4.79 Å². The standard InChI is InChI=1S/C20H24N2O2/c1-21(2)12-7-13-22-18-10-5-3-8-15(18)14-17(20(23)24)16-9-4-6-11-19(16)22/h3-6,8-11,17H,7,12-14H2,1-2H3,(H,23,24). The topological polar surface area (TPSA) is 43.8 Å². The molecule has 126 valence electrons. The van der Waals surface area contributed by atoms with Crippen LogP contribution >= 0.6 is 0 Å². The van der Waals surface area contributed by atoms with Crippen molar-refractivity contribution in [1.82, 2.24) is 4.90 Å². The maximum absolute atomic E-state index is 11.9. The number of carbonyl (C=O) groups is 1. The van der Waals surface area contributed by atoms with Crippen molar-refractivity contribution in [3.8, 4) is 0 Å². The van der Waals surface area contributed by atoms with E-state index in [2.05, 4.69) is 36.0 Å². The van der Waals surface area contributed by atoms with Crippen LogP contribution in [0.4, 0.5) is 11.4 Å². The van der Waals surface area contributed by atoms with E-state index in [0.29, 0.717) is 6.42 Å². The van der Waals surface area contributed by atoms with Crippen molar-refractivity contribution in [3.63, 3.8) is 0 Å². The van der Waals surface area contributed by atoms with Gasteiger partial charge in [-0.05, 0) is 56.7 Å². The van der Waals surface area contributed by atoms with Gasteiger partial charge >= 0.3 is 5.97 Å². The van der Waals surface area contributed by atoms with Crippen LogP contribution in [0.3, 0.4) is 0 Å². The molecule has 3 rings (SSSR count). The fourth-order valence-corrected chi connectivity index (χ4v) is 3.44. The first-order chi connectivity index (χ1) is 11.6. The van der Waals surface area contributed by atoms with Crippen molar-refractivity contribution in [1.29, 1.82) is 0 Å². The third-order valence-electron chi connectivity index (χ3n) is 4.59. The van der Waals surface area contributed by atoms with Crippen LogP contribution in [0, 0.1) is 0 Å². The highest BCUT2D eigenvalue weighted by Gasteiger charge is 2.30. The van der Waals surface area contributed by atoms with E-state index in [1.54, 1.807) is 0 Å². The predicted molar refractivity (Wildman–Crippen MR) is 97.1 cm³/mol. The highest BCUT2D eigenvalue weighted by molar-refractivity contribution is 5.83. The molecular formula is C20H24N2O2. The Kier molecular flexibility index (Phi) is 4.86. The molecule has 24 heavy (non-hydrogen) atoms. The van der Waals surface area contributed by atoms with Gasteiger partial charge in [-0.1, -0.05) is 36.4 Å². The summed E-state index contributed by atoms with van der Waals surface area (Å²) in [5.41, 5.74) is 4.16. The van der Waals surface area contributed by atoms with E-state index in [0.717, 1.165) is 42.0 Å². The Morgan fingerprint density at radius 1 is 1.12 bits per heavy atom. The second-order valence-corrected chi connectivity index (χ2v) is 6.59. The molecule has 0 spiro atoms. The van der Waals surface area contributed by atoms with Crippen LogP contribution in [0.15, 0.2) is 48.5 Å². The first-order valence-corrected chi connectivity index (χ1v) is 8.40. The smallest absolute Gasteiger partial charge is 0.311 e. The lowest BCUT2D eigenvalue weighted by Crippen LogP contribution is -2.24. The van der Waals surface area contributed by atoms with Crippen molar-refractivity contribution >= 4 is 17.3 Å². The molecule has 0 saturated heterocycles. The number of hydrogen-bond acceptors (Lipinski definition) is 3. The first kappa shape index (κ1) is 16.5. The summed E-state index contributed by atoms with van der Waals surface area (Å²) in [7, 11) is 4.15. The Morgan fingerprint density at radius 2 is 1.79 bits per heavy atom. The van der Waals surface area contributed by atoms with E-state index in [1.165, 1.54) is 0 Å². The summed E-state index contributed by atoms with van der Waals surface area (Å²) in [6.07, 6.45) is 1.56. The lowest BCUT2D eigenvalue weighted by Gasteiger charge is -2.27. The Morgan fingerprint density at radius 3 is 2.50 bits per heavy atom. The molecule has 1 heterocycles. The molecule has 1 aliphatic heterocycles. The minimum atomic E-state index is -0.757. The van der Waals surface area contributed by atoms with E-state index in [9.17, 15) is 9.90 Å². The summed E-state index contributed by atoms with van der Waals surface area (Å²) in [5, 5.41) is 9.75. The first-order valence-electron chi connectivity index (χ1n) is 8.40. The molecule has 1 unspecified atom stereocenters. The van der Waals surface area contributed by atoms with Gasteiger partial charge in [-0.2, -0.15) is 0 Å². The molecule has 0 aliphatic carbocycles. The summed E-state index contributed by atoms with van der Waals surface area (Å²) in [6.45, 7) is 1.88. The number of fused-ring (bicyclic) bond motifs is 2. The van der Waals surface area contributed by atoms with Gasteiger partial charge in [-0.25, -0.2) is 0 Å². The van der Waals surface area contributed by atoms with Gasteiger partial charge in [-0.15, -0.1) is 0 Å². The number of carboxylic acids is 1. The third-order valence-corrected chi connectivity index (χ3v) is 4.59. The van der Waals surface area contributed by atoms with E-state index in [4.69, 9.17) is 0 Å². The Labute approximate surface area is 143 Å². The lowest BCUT2D eigenvalue weighted by atomic mass is 9.92. The number of hydrogen-bond donors (Lipinski definition) is 1. The molecule has 0 bridgehead atoms. The number of benzene rings is 2. The Balaban J connectivity index is 2.06. The zero-order valence-corrected chi connectivity index (χ0v) is 14.3. The maximum Gasteiger partial charge on any atom is 0.311 e. The molecule has 0 aromatic heterocycles. The quantitative estimate of drug-likeness (QED) is 0.914. The number of anilines is 2. The van der Waals surface area contributed by atoms with Gasteiger partial charge in [0.15, 0.2) is 0 Å². The normalized spacial score (nSPS) is 16.5. The van der Waals surface area contributed by atoms with Gasteiger partial charge in [0.2, 0.25) is 0 Å². The summed E-state index contributed by atoms with van der Waals surface area (Å²) in [5.74, 6) is -1.26. The van der Waals surface area contributed by atoms with Crippen LogP contribution in [-0.4, -0.2) is 43.2 Å². The van der Waals surface area contributed by atoms with Gasteiger partial charge in [0.1, 0.15) is 0 Å². The van der Waals surface area contributed by atoms with Gasteiger partial charge < -0.3 is 14.9 Å². The number of nitrogens with zero attached hydrogens (tertiary/aromatic N) is 2. The second kappa shape index (κ2) is 7.05. The minimum absolute atomic E-state index is 0.499.